The first-order valence-corrected chi connectivity index (χ1v) is 42.4. The number of amides is 1. The molecule has 0 aromatic heterocycles. The molecule has 0 saturated carbocycles. The van der Waals surface area contributed by atoms with E-state index >= 15 is 9.59 Å². The van der Waals surface area contributed by atoms with Gasteiger partial charge in [-0.25, -0.2) is 14.4 Å². The number of carbonyl (C=O) groups is 8. The second kappa shape index (κ2) is 50.1. The molecule has 25 atom stereocenters. The number of nitrogens with one attached hydrogen (secondary N) is 1. The number of hydrogen-bond acceptors (Lipinski definition) is 34. The molecule has 1 N–H and O–H groups in total. The molecule has 1 amide bonds. The maximum Gasteiger partial charge on any atom is 0.407 e. The summed E-state index contributed by atoms with van der Waals surface area (Å²) in [6.45, 7) is 1.96. The van der Waals surface area contributed by atoms with Crippen molar-refractivity contribution in [3.63, 3.8) is 0 Å². The van der Waals surface area contributed by atoms with Gasteiger partial charge in [0.1, 0.15) is 130 Å². The van der Waals surface area contributed by atoms with Crippen molar-refractivity contribution in [3.8, 4) is 0 Å². The van der Waals surface area contributed by atoms with Crippen molar-refractivity contribution in [1.82, 2.24) is 5.32 Å². The van der Waals surface area contributed by atoms with Gasteiger partial charge in [-0.2, -0.15) is 0 Å². The average Bonchev–Trinajstić information content (AvgIpc) is 0.752. The van der Waals surface area contributed by atoms with Crippen LogP contribution in [0.3, 0.4) is 0 Å². The van der Waals surface area contributed by atoms with E-state index in [4.69, 9.17) is 114 Å². The summed E-state index contributed by atoms with van der Waals surface area (Å²) in [6.07, 6.45) is -40.0. The van der Waals surface area contributed by atoms with Crippen LogP contribution in [0.1, 0.15) is 73.6 Å². The van der Waals surface area contributed by atoms with E-state index in [0.29, 0.717) is 38.9 Å². The van der Waals surface area contributed by atoms with Crippen molar-refractivity contribution in [3.05, 3.63) is 272 Å². The lowest BCUT2D eigenvalue weighted by Crippen LogP contribution is -2.70. The predicted octanol–water partition coefficient (Wildman–Crippen LogP) is 9.86. The number of ether oxygens (including phenoxy) is 24. The maximum atomic E-state index is 15.2. The number of azide groups is 2. The summed E-state index contributed by atoms with van der Waals surface area (Å²) in [5.74, 6) is -6.88. The Hall–Kier alpha value is -11.9. The van der Waals surface area contributed by atoms with E-state index in [1.54, 1.807) is 176 Å². The zero-order chi connectivity index (χ0) is 93.4. The normalized spacial score (nSPS) is 28.5. The van der Waals surface area contributed by atoms with Gasteiger partial charge in [-0.05, 0) is 50.0 Å². The van der Waals surface area contributed by atoms with Gasteiger partial charge in [0.2, 0.25) is 0 Å². The third-order valence-electron chi connectivity index (χ3n) is 21.7. The fourth-order valence-corrected chi connectivity index (χ4v) is 15.6. The lowest BCUT2D eigenvalue weighted by molar-refractivity contribution is -0.382. The second-order valence-electron chi connectivity index (χ2n) is 30.9. The molecule has 5 saturated heterocycles. The first-order valence-electron chi connectivity index (χ1n) is 42.4. The fraction of sp³-hybridized carbons (Fsp3) is 0.462. The minimum absolute atomic E-state index is 0.0534. The maximum absolute atomic E-state index is 15.2. The summed E-state index contributed by atoms with van der Waals surface area (Å²) in [6, 6.07) is 56.7. The molecule has 39 nitrogen and oxygen atoms in total. The van der Waals surface area contributed by atoms with Crippen molar-refractivity contribution in [2.75, 3.05) is 41.2 Å². The molecular weight excluding hydrogens is 1730 g/mol. The molecule has 12 rings (SSSR count). The van der Waals surface area contributed by atoms with E-state index in [-0.39, 0.29) is 46.2 Å². The van der Waals surface area contributed by atoms with Crippen LogP contribution < -0.4 is 5.32 Å². The number of alkyl carbamates (subject to hydrolysis) is 1. The predicted molar refractivity (Wildman–Crippen MR) is 454 cm³/mol. The fourth-order valence-electron chi connectivity index (χ4n) is 15.6. The van der Waals surface area contributed by atoms with Crippen molar-refractivity contribution >= 4 is 47.9 Å². The molecule has 5 aliphatic heterocycles. The largest absolute Gasteiger partial charge is 0.467 e. The average molecular weight is 1830 g/mol. The van der Waals surface area contributed by atoms with Gasteiger partial charge in [-0.1, -0.05) is 223 Å². The van der Waals surface area contributed by atoms with Crippen molar-refractivity contribution in [2.45, 2.75) is 234 Å². The van der Waals surface area contributed by atoms with Crippen LogP contribution >= 0.6 is 0 Å². The monoisotopic (exact) mass is 1830 g/mol. The quantitative estimate of drug-likeness (QED) is 0.0122. The highest BCUT2D eigenvalue weighted by Crippen LogP contribution is 2.43. The van der Waals surface area contributed by atoms with Crippen LogP contribution in [0.4, 0.5) is 4.79 Å². The summed E-state index contributed by atoms with van der Waals surface area (Å²) < 4.78 is 155. The summed E-state index contributed by atoms with van der Waals surface area (Å²) in [5, 5.41) is 11.2. The van der Waals surface area contributed by atoms with Crippen LogP contribution in [0.25, 0.3) is 20.9 Å². The zero-order valence-electron chi connectivity index (χ0n) is 73.5. The number of carbonyl (C=O) groups excluding carboxylic acids is 8. The lowest BCUT2D eigenvalue weighted by atomic mass is 9.93. The van der Waals surface area contributed by atoms with Crippen molar-refractivity contribution in [1.29, 1.82) is 0 Å². The molecule has 5 fully saturated rings. The number of nitrogens with zero attached hydrogens (tertiary/aromatic N) is 6. The van der Waals surface area contributed by atoms with Crippen molar-refractivity contribution in [2.24, 2.45) is 10.2 Å². The summed E-state index contributed by atoms with van der Waals surface area (Å²) in [4.78, 5) is 118. The third kappa shape index (κ3) is 27.6. The lowest BCUT2D eigenvalue weighted by Gasteiger charge is -2.51. The number of hydrogen-bond donors (Lipinski definition) is 1. The number of methoxy groups -OCH3 is 3. The van der Waals surface area contributed by atoms with Crippen molar-refractivity contribution < 1.29 is 152 Å². The minimum Gasteiger partial charge on any atom is -0.467 e. The SMILES string of the molecule is COC(=O)[C@H]1O[C@@H](O[C@H]2[C@H](OC(C)=O)[C@@H](N=[N+]=[N-])[C@@H](O[C@H]3[C@H](OCc4ccccc4)[C@@H](OC(C)=O)[C@H](O[C@H]4[C@H](OCc5ccccc5)[C@@H](NC(=O)OCc5ccccc5)[C@@H](OC)O[C@@H]4COC(C)=O)O[C@H]3C(=O)OC)O[C@@H]2COC(C)=O)[C@H](OCc2ccccc2)[C@@H](OCc2ccccc2)[C@@H]1O[C@H]1O[C@H](COC(C)=O)[C@@H](OCc2ccccc2)[C@H](OCc2ccccc2)[C@H]1N=[N+]=[N-]. The highest BCUT2D eigenvalue weighted by molar-refractivity contribution is 5.76. The summed E-state index contributed by atoms with van der Waals surface area (Å²) >= 11 is 0. The Morgan fingerprint density at radius 1 is 0.311 bits per heavy atom. The van der Waals surface area contributed by atoms with Crippen LogP contribution in [-0.4, -0.2) is 242 Å². The molecule has 7 aromatic carbocycles. The summed E-state index contributed by atoms with van der Waals surface area (Å²) in [7, 11) is 3.34. The Balaban J connectivity index is 0.948. The molecule has 5 heterocycles. The number of benzene rings is 7. The van der Waals surface area contributed by atoms with Crippen LogP contribution in [0.5, 0.6) is 0 Å². The van der Waals surface area contributed by atoms with Crippen LogP contribution in [0.2, 0.25) is 0 Å². The highest BCUT2D eigenvalue weighted by atomic mass is 16.8. The molecule has 0 aliphatic carbocycles. The molecule has 0 spiro atoms. The number of esters is 7. The van der Waals surface area contributed by atoms with Gasteiger partial charge >= 0.3 is 47.9 Å². The molecule has 704 valence electrons. The molecule has 5 aliphatic rings. The molecule has 7 aromatic rings. The molecular formula is C93H105N7O32. The van der Waals surface area contributed by atoms with E-state index < -0.39 is 221 Å². The van der Waals surface area contributed by atoms with E-state index in [1.807, 2.05) is 36.4 Å². The van der Waals surface area contributed by atoms with Gasteiger partial charge < -0.3 is 119 Å². The van der Waals surface area contributed by atoms with Gasteiger partial charge in [0, 0.05) is 51.6 Å². The zero-order valence-corrected chi connectivity index (χ0v) is 73.5. The standard InChI is InChI=1S/C93H105N7O32/c1-54(101)112-51-66-72(115-44-59-30-16-9-17-31-59)76(117-46-61-34-20-11-21-35-61)70(97-99-94)89(125-66)129-80-78(118-47-62-36-22-12-23-37-62)84(120-49-64-40-26-14-27-41-64)91(131-82(80)86(106)109-6)128-74-68(53-114-56(3)103)126-90(71(98-100-95)77(74)122-57(4)104)130-81-79(119-48-63-38-24-13-25-39-63)85(123-58(5)105)92(132-83(81)87(107)110-7)127-73-67(52-113-55(2)102)124-88(111-8)69(75(73)116-45-60-32-18-10-19-33-60)96-93(108)121-50-65-42-28-15-29-43-65/h9-43,66-85,88-92H,44-53H2,1-8H3,(H,96,108)/t66-,67-,68-,69-,70-,71-,72-,73-,74-,75-,76-,77-,78+,79+,80+,81+,82+,83-,84-,85-,88+,89-,90-,91-,92-/m1/s1. The summed E-state index contributed by atoms with van der Waals surface area (Å²) in [5.41, 5.74) is 25.8. The Morgan fingerprint density at radius 3 is 0.962 bits per heavy atom. The Kier molecular flexibility index (Phi) is 37.6. The van der Waals surface area contributed by atoms with Crippen LogP contribution in [0.15, 0.2) is 223 Å². The van der Waals surface area contributed by atoms with Gasteiger partial charge in [0.05, 0.1) is 53.9 Å². The molecule has 0 bridgehead atoms. The first-order chi connectivity index (χ1) is 64.1. The van der Waals surface area contributed by atoms with Crippen LogP contribution in [0, 0.1) is 0 Å². The minimum atomic E-state index is -2.17. The topological polar surface area (TPSA) is 468 Å². The van der Waals surface area contributed by atoms with E-state index in [1.165, 1.54) is 14.0 Å². The molecule has 0 unspecified atom stereocenters. The third-order valence-corrected chi connectivity index (χ3v) is 21.7. The van der Waals surface area contributed by atoms with E-state index in [0.717, 1.165) is 41.9 Å². The first kappa shape index (κ1) is 99.1. The smallest absolute Gasteiger partial charge is 0.407 e. The van der Waals surface area contributed by atoms with Gasteiger partial charge in [0.15, 0.2) is 49.8 Å². The molecule has 39 heteroatoms. The number of rotatable bonds is 42. The Labute approximate surface area is 759 Å². The van der Waals surface area contributed by atoms with Gasteiger partial charge in [0.25, 0.3) is 0 Å². The van der Waals surface area contributed by atoms with Gasteiger partial charge in [-0.15, -0.1) is 0 Å². The second-order valence-corrected chi connectivity index (χ2v) is 30.9. The van der Waals surface area contributed by atoms with Gasteiger partial charge in [-0.3, -0.25) is 24.0 Å². The van der Waals surface area contributed by atoms with E-state index in [2.05, 4.69) is 25.4 Å². The molecule has 0 radical (unpaired) electrons. The highest BCUT2D eigenvalue weighted by Gasteiger charge is 2.62. The Morgan fingerprint density at radius 2 is 0.606 bits per heavy atom. The Bertz CT molecular complexity index is 4930. The van der Waals surface area contributed by atoms with E-state index in [9.17, 15) is 39.8 Å². The van der Waals surface area contributed by atoms with Crippen LogP contribution in [-0.2, 0) is 193 Å². The molecule has 132 heavy (non-hydrogen) atoms.